The molecule has 0 fully saturated rings. The average molecular weight is 806 g/mol. The van der Waals surface area contributed by atoms with Crippen LogP contribution in [0.2, 0.25) is 0 Å². The summed E-state index contributed by atoms with van der Waals surface area (Å²) in [7, 11) is 0. The number of fused-ring (bicyclic) bond motifs is 7. The van der Waals surface area contributed by atoms with Crippen LogP contribution >= 0.6 is 11.3 Å². The molecule has 0 aliphatic carbocycles. The lowest BCUT2D eigenvalue weighted by atomic mass is 9.94. The maximum Gasteiger partial charge on any atom is 0.0546 e. The van der Waals surface area contributed by atoms with E-state index < -0.39 is 0 Å². The van der Waals surface area contributed by atoms with Crippen LogP contribution in [0, 0.1) is 0 Å². The van der Waals surface area contributed by atoms with Gasteiger partial charge in [-0.2, -0.15) is 0 Å². The smallest absolute Gasteiger partial charge is 0.0546 e. The van der Waals surface area contributed by atoms with E-state index in [4.69, 9.17) is 0 Å². The van der Waals surface area contributed by atoms with E-state index in [0.717, 1.165) is 22.6 Å². The fraction of sp³-hybridized carbons (Fsp3) is 0. The zero-order valence-corrected chi connectivity index (χ0v) is 34.7. The molecule has 0 aliphatic rings. The third kappa shape index (κ3) is 6.24. The Balaban J connectivity index is 1.08. The normalized spacial score (nSPS) is 11.5. The highest BCUT2D eigenvalue weighted by molar-refractivity contribution is 7.26. The summed E-state index contributed by atoms with van der Waals surface area (Å²) in [6.45, 7) is 0. The molecular formula is C60H39NS. The van der Waals surface area contributed by atoms with Crippen LogP contribution in [0.5, 0.6) is 0 Å². The molecule has 0 N–H and O–H groups in total. The molecule has 1 heterocycles. The molecule has 0 saturated heterocycles. The molecule has 0 spiro atoms. The highest BCUT2D eigenvalue weighted by atomic mass is 32.1. The van der Waals surface area contributed by atoms with Gasteiger partial charge in [0.25, 0.3) is 0 Å². The summed E-state index contributed by atoms with van der Waals surface area (Å²) in [6, 6.07) is 86.9. The van der Waals surface area contributed by atoms with E-state index in [1.807, 2.05) is 11.3 Å². The predicted molar refractivity (Wildman–Crippen MR) is 268 cm³/mol. The molecule has 290 valence electrons. The van der Waals surface area contributed by atoms with Gasteiger partial charge in [-0.3, -0.25) is 0 Å². The van der Waals surface area contributed by atoms with Crippen LogP contribution in [0.1, 0.15) is 0 Å². The summed E-state index contributed by atoms with van der Waals surface area (Å²) in [5.41, 5.74) is 12.8. The molecule has 1 aromatic heterocycles. The van der Waals surface area contributed by atoms with E-state index >= 15 is 0 Å². The number of thiophene rings is 1. The van der Waals surface area contributed by atoms with Gasteiger partial charge in [0.05, 0.1) is 11.4 Å². The Morgan fingerprint density at radius 2 is 0.855 bits per heavy atom. The van der Waals surface area contributed by atoms with Crippen LogP contribution < -0.4 is 4.90 Å². The van der Waals surface area contributed by atoms with Gasteiger partial charge in [-0.25, -0.2) is 0 Å². The molecule has 62 heavy (non-hydrogen) atoms. The third-order valence-corrected chi connectivity index (χ3v) is 13.7. The van der Waals surface area contributed by atoms with Crippen molar-refractivity contribution in [2.45, 2.75) is 0 Å². The second-order valence-corrected chi connectivity index (χ2v) is 17.1. The van der Waals surface area contributed by atoms with Gasteiger partial charge in [0, 0.05) is 42.6 Å². The quantitative estimate of drug-likeness (QED) is 0.145. The summed E-state index contributed by atoms with van der Waals surface area (Å²) in [6.07, 6.45) is 0. The van der Waals surface area contributed by atoms with E-state index in [9.17, 15) is 0 Å². The minimum absolute atomic E-state index is 1.09. The topological polar surface area (TPSA) is 3.24 Å². The monoisotopic (exact) mass is 805 g/mol. The first kappa shape index (κ1) is 36.1. The molecule has 0 atom stereocenters. The third-order valence-electron chi connectivity index (χ3n) is 12.4. The van der Waals surface area contributed by atoms with Crippen LogP contribution in [0.3, 0.4) is 0 Å². The lowest BCUT2D eigenvalue weighted by Gasteiger charge is -2.30. The Hall–Kier alpha value is -7.78. The maximum absolute atomic E-state index is 2.49. The van der Waals surface area contributed by atoms with Crippen molar-refractivity contribution in [1.29, 1.82) is 0 Å². The van der Waals surface area contributed by atoms with Crippen molar-refractivity contribution in [3.63, 3.8) is 0 Å². The standard InChI is InChI=1S/C60H39NS/c1-2-14-42(15-3-1)52-36-32-47(46-27-25-40-13-4-5-17-44(40)37-46)39-58(52)61(57-23-10-8-19-53(57)55-21-12-22-56-54-20-9-11-24-59(54)62-60(55)56)49-33-29-41(30-34-49)45-31-35-51-48(38-45)28-26-43-16-6-7-18-50(43)51/h1-39H. The van der Waals surface area contributed by atoms with Crippen molar-refractivity contribution in [1.82, 2.24) is 0 Å². The van der Waals surface area contributed by atoms with E-state index in [-0.39, 0.29) is 0 Å². The Morgan fingerprint density at radius 1 is 0.274 bits per heavy atom. The van der Waals surface area contributed by atoms with Gasteiger partial charge in [-0.05, 0) is 103 Å². The highest BCUT2D eigenvalue weighted by Gasteiger charge is 2.23. The highest BCUT2D eigenvalue weighted by Crippen LogP contribution is 2.49. The first-order valence-corrected chi connectivity index (χ1v) is 22.1. The number of para-hydroxylation sites is 1. The molecular weight excluding hydrogens is 767 g/mol. The summed E-state index contributed by atoms with van der Waals surface area (Å²) in [4.78, 5) is 2.49. The van der Waals surface area contributed by atoms with Crippen LogP contribution in [0.4, 0.5) is 17.1 Å². The second-order valence-electron chi connectivity index (χ2n) is 16.1. The van der Waals surface area contributed by atoms with Crippen molar-refractivity contribution in [2.24, 2.45) is 0 Å². The molecule has 0 aliphatic heterocycles. The van der Waals surface area contributed by atoms with Crippen LogP contribution in [-0.2, 0) is 0 Å². The number of nitrogens with zero attached hydrogens (tertiary/aromatic N) is 1. The molecule has 0 saturated carbocycles. The Morgan fingerprint density at radius 3 is 1.74 bits per heavy atom. The fourth-order valence-electron chi connectivity index (χ4n) is 9.39. The van der Waals surface area contributed by atoms with E-state index in [1.54, 1.807) is 0 Å². The summed E-state index contributed by atoms with van der Waals surface area (Å²) < 4.78 is 2.60. The number of benzene rings is 11. The van der Waals surface area contributed by atoms with Gasteiger partial charge >= 0.3 is 0 Å². The van der Waals surface area contributed by atoms with Crippen LogP contribution in [0.25, 0.3) is 97.0 Å². The zero-order valence-electron chi connectivity index (χ0n) is 33.9. The molecule has 12 aromatic rings. The van der Waals surface area contributed by atoms with Crippen LogP contribution in [-0.4, -0.2) is 0 Å². The first-order valence-electron chi connectivity index (χ1n) is 21.2. The molecule has 2 heteroatoms. The minimum atomic E-state index is 1.09. The molecule has 11 aromatic carbocycles. The second kappa shape index (κ2) is 15.0. The van der Waals surface area contributed by atoms with Gasteiger partial charge in [0.2, 0.25) is 0 Å². The van der Waals surface area contributed by atoms with Gasteiger partial charge < -0.3 is 4.90 Å². The number of rotatable bonds is 7. The van der Waals surface area contributed by atoms with Crippen molar-refractivity contribution in [3.05, 3.63) is 237 Å². The van der Waals surface area contributed by atoms with Crippen molar-refractivity contribution in [2.75, 3.05) is 4.90 Å². The van der Waals surface area contributed by atoms with Crippen molar-refractivity contribution < 1.29 is 0 Å². The van der Waals surface area contributed by atoms with Gasteiger partial charge in [0.1, 0.15) is 0 Å². The number of hydrogen-bond acceptors (Lipinski definition) is 2. The van der Waals surface area contributed by atoms with Crippen molar-refractivity contribution in [3.8, 4) is 44.5 Å². The summed E-state index contributed by atoms with van der Waals surface area (Å²) >= 11 is 1.88. The summed E-state index contributed by atoms with van der Waals surface area (Å²) in [5, 5.41) is 10.1. The molecule has 1 nitrogen and oxygen atoms in total. The van der Waals surface area contributed by atoms with Crippen LogP contribution in [0.15, 0.2) is 237 Å². The largest absolute Gasteiger partial charge is 0.309 e. The number of hydrogen-bond donors (Lipinski definition) is 0. The van der Waals surface area contributed by atoms with E-state index in [2.05, 4.69) is 241 Å². The van der Waals surface area contributed by atoms with Gasteiger partial charge in [0.15, 0.2) is 0 Å². The predicted octanol–water partition coefficient (Wildman–Crippen LogP) is 17.7. The summed E-state index contributed by atoms with van der Waals surface area (Å²) in [5.74, 6) is 0. The molecule has 0 radical (unpaired) electrons. The Kier molecular flexibility index (Phi) is 8.76. The lowest BCUT2D eigenvalue weighted by molar-refractivity contribution is 1.28. The van der Waals surface area contributed by atoms with Crippen molar-refractivity contribution >= 4 is 80.9 Å². The fourth-order valence-corrected chi connectivity index (χ4v) is 10.6. The lowest BCUT2D eigenvalue weighted by Crippen LogP contribution is -2.12. The Labute approximate surface area is 365 Å². The van der Waals surface area contributed by atoms with E-state index in [0.29, 0.717) is 0 Å². The number of anilines is 3. The average Bonchev–Trinajstić information content (AvgIpc) is 3.73. The molecule has 12 rings (SSSR count). The van der Waals surface area contributed by atoms with E-state index in [1.165, 1.54) is 91.4 Å². The molecule has 0 unspecified atom stereocenters. The maximum atomic E-state index is 2.49. The SMILES string of the molecule is c1ccc(-c2ccc(-c3ccc4ccccc4c3)cc2N(c2ccc(-c3ccc4c(ccc5ccccc54)c3)cc2)c2ccccc2-c2cccc3c2sc2ccccc23)cc1. The minimum Gasteiger partial charge on any atom is -0.309 e. The molecule has 0 amide bonds. The first-order chi connectivity index (χ1) is 30.7. The molecule has 0 bridgehead atoms. The van der Waals surface area contributed by atoms with Gasteiger partial charge in [-0.1, -0.05) is 194 Å². The Bertz CT molecular complexity index is 3640. The zero-order chi connectivity index (χ0) is 41.0. The van der Waals surface area contributed by atoms with Gasteiger partial charge in [-0.15, -0.1) is 11.3 Å².